The Labute approximate surface area is 195 Å². The number of hydrogen-bond donors (Lipinski definition) is 1. The molecule has 0 spiro atoms. The van der Waals surface area contributed by atoms with Crippen LogP contribution in [0.25, 0.3) is 0 Å². The molecular formula is C25H23BrN2O4. The van der Waals surface area contributed by atoms with E-state index < -0.39 is 5.97 Å². The van der Waals surface area contributed by atoms with Crippen molar-refractivity contribution in [1.29, 1.82) is 0 Å². The molecule has 1 N–H and O–H groups in total. The minimum Gasteiger partial charge on any atom is -0.494 e. The van der Waals surface area contributed by atoms with Gasteiger partial charge in [0.05, 0.1) is 18.4 Å². The molecule has 0 saturated heterocycles. The number of carbonyl (C=O) groups excluding carboxylic acids is 2. The van der Waals surface area contributed by atoms with Crippen LogP contribution in [-0.2, 0) is 0 Å². The molecule has 7 heteroatoms. The van der Waals surface area contributed by atoms with Crippen molar-refractivity contribution in [3.63, 3.8) is 0 Å². The summed E-state index contributed by atoms with van der Waals surface area (Å²) in [6, 6.07) is 19.1. The normalized spacial score (nSPS) is 10.7. The van der Waals surface area contributed by atoms with Crippen molar-refractivity contribution in [2.45, 2.75) is 20.3 Å². The Morgan fingerprint density at radius 3 is 2.38 bits per heavy atom. The van der Waals surface area contributed by atoms with Crippen LogP contribution in [0, 0.1) is 6.92 Å². The van der Waals surface area contributed by atoms with Crippen molar-refractivity contribution < 1.29 is 19.1 Å². The third-order valence-electron chi connectivity index (χ3n) is 4.42. The SMILES string of the molecule is CCCOc1ccc(C(=O)N/N=C\c2cc(Br)ccc2OC(=O)c2ccc(C)cc2)cc1. The maximum atomic E-state index is 12.5. The summed E-state index contributed by atoms with van der Waals surface area (Å²) in [6.45, 7) is 4.60. The Balaban J connectivity index is 1.67. The van der Waals surface area contributed by atoms with Crippen LogP contribution in [0.3, 0.4) is 0 Å². The third-order valence-corrected chi connectivity index (χ3v) is 4.91. The number of carbonyl (C=O) groups is 2. The van der Waals surface area contributed by atoms with E-state index in [4.69, 9.17) is 9.47 Å². The smallest absolute Gasteiger partial charge is 0.343 e. The van der Waals surface area contributed by atoms with Gasteiger partial charge in [-0.1, -0.05) is 40.5 Å². The summed E-state index contributed by atoms with van der Waals surface area (Å²) in [4.78, 5) is 24.8. The maximum absolute atomic E-state index is 12.5. The second-order valence-corrected chi connectivity index (χ2v) is 7.93. The highest BCUT2D eigenvalue weighted by atomic mass is 79.9. The van der Waals surface area contributed by atoms with E-state index in [9.17, 15) is 9.59 Å². The van der Waals surface area contributed by atoms with Crippen molar-refractivity contribution in [3.05, 3.63) is 93.5 Å². The lowest BCUT2D eigenvalue weighted by Gasteiger charge is -2.08. The van der Waals surface area contributed by atoms with Gasteiger partial charge in [-0.05, 0) is 67.9 Å². The van der Waals surface area contributed by atoms with Gasteiger partial charge in [-0.25, -0.2) is 10.2 Å². The number of hydrazone groups is 1. The molecule has 0 saturated carbocycles. The molecule has 0 bridgehead atoms. The standard InChI is InChI=1S/C25H23BrN2O4/c1-3-14-31-22-11-8-18(9-12-22)24(29)28-27-16-20-15-21(26)10-13-23(20)32-25(30)19-6-4-17(2)5-7-19/h4-13,15-16H,3,14H2,1-2H3,(H,28,29)/b27-16-. The van der Waals surface area contributed by atoms with Crippen molar-refractivity contribution >= 4 is 34.0 Å². The second kappa shape index (κ2) is 11.2. The fourth-order valence-corrected chi connectivity index (χ4v) is 3.09. The van der Waals surface area contributed by atoms with Crippen molar-refractivity contribution in [3.8, 4) is 11.5 Å². The number of esters is 1. The fraction of sp³-hybridized carbons (Fsp3) is 0.160. The van der Waals surface area contributed by atoms with E-state index in [1.165, 1.54) is 6.21 Å². The van der Waals surface area contributed by atoms with E-state index in [2.05, 4.69) is 26.5 Å². The first-order valence-corrected chi connectivity index (χ1v) is 10.9. The molecule has 0 unspecified atom stereocenters. The van der Waals surface area contributed by atoms with E-state index in [1.807, 2.05) is 26.0 Å². The molecule has 0 aliphatic carbocycles. The molecule has 164 valence electrons. The van der Waals surface area contributed by atoms with Crippen LogP contribution >= 0.6 is 15.9 Å². The highest BCUT2D eigenvalue weighted by Crippen LogP contribution is 2.23. The van der Waals surface area contributed by atoms with Crippen LogP contribution < -0.4 is 14.9 Å². The second-order valence-electron chi connectivity index (χ2n) is 7.01. The van der Waals surface area contributed by atoms with Gasteiger partial charge in [0.25, 0.3) is 5.91 Å². The molecule has 0 fully saturated rings. The lowest BCUT2D eigenvalue weighted by molar-refractivity contribution is 0.0734. The zero-order chi connectivity index (χ0) is 22.9. The topological polar surface area (TPSA) is 77.0 Å². The molecular weight excluding hydrogens is 472 g/mol. The quantitative estimate of drug-likeness (QED) is 0.193. The van der Waals surface area contributed by atoms with Gasteiger partial charge >= 0.3 is 5.97 Å². The van der Waals surface area contributed by atoms with E-state index in [1.54, 1.807) is 54.6 Å². The van der Waals surface area contributed by atoms with Gasteiger partial charge in [0.1, 0.15) is 11.5 Å². The summed E-state index contributed by atoms with van der Waals surface area (Å²) in [5, 5.41) is 4.02. The molecule has 0 aromatic heterocycles. The number of nitrogens with zero attached hydrogens (tertiary/aromatic N) is 1. The Morgan fingerprint density at radius 2 is 1.69 bits per heavy atom. The maximum Gasteiger partial charge on any atom is 0.343 e. The average molecular weight is 495 g/mol. The van der Waals surface area contributed by atoms with E-state index in [-0.39, 0.29) is 5.91 Å². The Hall–Kier alpha value is -3.45. The predicted molar refractivity (Wildman–Crippen MR) is 128 cm³/mol. The first-order valence-electron chi connectivity index (χ1n) is 10.1. The Kier molecular flexibility index (Phi) is 8.16. The van der Waals surface area contributed by atoms with Gasteiger partial charge in [-0.2, -0.15) is 5.10 Å². The first-order chi connectivity index (χ1) is 15.5. The predicted octanol–water partition coefficient (Wildman–Crippen LogP) is 5.53. The van der Waals surface area contributed by atoms with Gasteiger partial charge in [0, 0.05) is 15.6 Å². The average Bonchev–Trinajstić information content (AvgIpc) is 2.80. The number of aryl methyl sites for hydroxylation is 1. The van der Waals surface area contributed by atoms with Gasteiger partial charge in [0.15, 0.2) is 0 Å². The lowest BCUT2D eigenvalue weighted by atomic mass is 10.1. The van der Waals surface area contributed by atoms with E-state index in [0.717, 1.165) is 16.5 Å². The fourth-order valence-electron chi connectivity index (χ4n) is 2.71. The molecule has 0 heterocycles. The van der Waals surface area contributed by atoms with Gasteiger partial charge < -0.3 is 9.47 Å². The molecule has 0 radical (unpaired) electrons. The summed E-state index contributed by atoms with van der Waals surface area (Å²) in [7, 11) is 0. The summed E-state index contributed by atoms with van der Waals surface area (Å²) in [5.41, 5.74) is 4.96. The summed E-state index contributed by atoms with van der Waals surface area (Å²) >= 11 is 3.40. The number of benzene rings is 3. The number of rotatable bonds is 8. The first kappa shape index (κ1) is 23.2. The number of ether oxygens (including phenoxy) is 2. The molecule has 0 aliphatic heterocycles. The van der Waals surface area contributed by atoms with E-state index in [0.29, 0.717) is 34.8 Å². The summed E-state index contributed by atoms with van der Waals surface area (Å²) in [5.74, 6) is 0.197. The van der Waals surface area contributed by atoms with Crippen molar-refractivity contribution in [2.24, 2.45) is 5.10 Å². The van der Waals surface area contributed by atoms with Crippen molar-refractivity contribution in [1.82, 2.24) is 5.43 Å². The molecule has 3 aromatic rings. The highest BCUT2D eigenvalue weighted by Gasteiger charge is 2.12. The number of halogens is 1. The van der Waals surface area contributed by atoms with Crippen LogP contribution in [0.5, 0.6) is 11.5 Å². The molecule has 6 nitrogen and oxygen atoms in total. The van der Waals surface area contributed by atoms with Crippen LogP contribution in [-0.4, -0.2) is 24.7 Å². The van der Waals surface area contributed by atoms with Crippen LogP contribution in [0.15, 0.2) is 76.3 Å². The van der Waals surface area contributed by atoms with Crippen LogP contribution in [0.4, 0.5) is 0 Å². The molecule has 1 amide bonds. The Bertz CT molecular complexity index is 1110. The minimum absolute atomic E-state index is 0.328. The van der Waals surface area contributed by atoms with E-state index >= 15 is 0 Å². The monoisotopic (exact) mass is 494 g/mol. The molecule has 32 heavy (non-hydrogen) atoms. The molecule has 0 aliphatic rings. The summed E-state index contributed by atoms with van der Waals surface area (Å²) in [6.07, 6.45) is 2.34. The van der Waals surface area contributed by atoms with Gasteiger partial charge in [-0.3, -0.25) is 4.79 Å². The lowest BCUT2D eigenvalue weighted by Crippen LogP contribution is -2.17. The van der Waals surface area contributed by atoms with Crippen LogP contribution in [0.2, 0.25) is 0 Å². The number of amides is 1. The highest BCUT2D eigenvalue weighted by molar-refractivity contribution is 9.10. The molecule has 3 aromatic carbocycles. The summed E-state index contributed by atoms with van der Waals surface area (Å²) < 4.78 is 11.8. The van der Waals surface area contributed by atoms with Gasteiger partial charge in [-0.15, -0.1) is 0 Å². The minimum atomic E-state index is -0.476. The number of nitrogens with one attached hydrogen (secondary N) is 1. The van der Waals surface area contributed by atoms with Crippen LogP contribution in [0.1, 0.15) is 45.2 Å². The zero-order valence-electron chi connectivity index (χ0n) is 17.8. The third kappa shape index (κ3) is 6.52. The van der Waals surface area contributed by atoms with Crippen molar-refractivity contribution in [2.75, 3.05) is 6.61 Å². The molecule has 3 rings (SSSR count). The van der Waals surface area contributed by atoms with Gasteiger partial charge in [0.2, 0.25) is 0 Å². The number of hydrogen-bond acceptors (Lipinski definition) is 5. The largest absolute Gasteiger partial charge is 0.494 e. The molecule has 0 atom stereocenters. The zero-order valence-corrected chi connectivity index (χ0v) is 19.4. The Morgan fingerprint density at radius 1 is 1.00 bits per heavy atom.